The Bertz CT molecular complexity index is 543. The summed E-state index contributed by atoms with van der Waals surface area (Å²) in [6, 6.07) is 4.80. The van der Waals surface area contributed by atoms with Gasteiger partial charge in [0.05, 0.1) is 7.11 Å². The smallest absolute Gasteiger partial charge is 0.122 e. The van der Waals surface area contributed by atoms with Gasteiger partial charge in [0.1, 0.15) is 5.75 Å². The van der Waals surface area contributed by atoms with Crippen molar-refractivity contribution >= 4 is 0 Å². The van der Waals surface area contributed by atoms with Crippen molar-refractivity contribution in [3.8, 4) is 5.75 Å². The predicted molar refractivity (Wildman–Crippen MR) is 89.2 cm³/mol. The second-order valence-corrected chi connectivity index (χ2v) is 8.03. The third kappa shape index (κ3) is 2.20. The molecule has 0 spiro atoms. The van der Waals surface area contributed by atoms with E-state index in [4.69, 9.17) is 4.74 Å². The summed E-state index contributed by atoms with van der Waals surface area (Å²) < 4.78 is 5.61. The van der Waals surface area contributed by atoms with E-state index in [-0.39, 0.29) is 0 Å². The summed E-state index contributed by atoms with van der Waals surface area (Å²) in [4.78, 5) is 0. The maximum Gasteiger partial charge on any atom is 0.122 e. The van der Waals surface area contributed by atoms with Gasteiger partial charge in [-0.3, -0.25) is 0 Å². The van der Waals surface area contributed by atoms with Crippen LogP contribution in [0, 0.1) is 11.3 Å². The van der Waals surface area contributed by atoms with Gasteiger partial charge in [-0.1, -0.05) is 40.2 Å². The Balaban J connectivity index is 2.13. The molecule has 116 valence electrons. The van der Waals surface area contributed by atoms with Crippen molar-refractivity contribution in [2.45, 2.75) is 71.6 Å². The molecular weight excluding hydrogens is 256 g/mol. The zero-order valence-electron chi connectivity index (χ0n) is 14.4. The number of fused-ring (bicyclic) bond motifs is 3. The second kappa shape index (κ2) is 5.04. The van der Waals surface area contributed by atoms with Gasteiger partial charge in [-0.15, -0.1) is 0 Å². The van der Waals surface area contributed by atoms with Gasteiger partial charge in [0.15, 0.2) is 0 Å². The van der Waals surface area contributed by atoms with Crippen LogP contribution in [0.25, 0.3) is 0 Å². The Hall–Kier alpha value is -0.980. The number of hydrogen-bond donors (Lipinski definition) is 0. The molecule has 1 aromatic rings. The number of aryl methyl sites for hydroxylation is 2. The van der Waals surface area contributed by atoms with Crippen molar-refractivity contribution < 1.29 is 4.74 Å². The van der Waals surface area contributed by atoms with Crippen LogP contribution in [-0.2, 0) is 18.3 Å². The first-order valence-corrected chi connectivity index (χ1v) is 8.62. The van der Waals surface area contributed by atoms with Crippen LogP contribution in [0.5, 0.6) is 5.75 Å². The number of methoxy groups -OCH3 is 1. The first-order valence-electron chi connectivity index (χ1n) is 8.62. The highest BCUT2D eigenvalue weighted by Gasteiger charge is 2.49. The van der Waals surface area contributed by atoms with Gasteiger partial charge in [-0.2, -0.15) is 0 Å². The minimum atomic E-state index is 0.367. The van der Waals surface area contributed by atoms with E-state index in [0.29, 0.717) is 10.8 Å². The van der Waals surface area contributed by atoms with Crippen LogP contribution in [0.3, 0.4) is 0 Å². The fourth-order valence-electron chi connectivity index (χ4n) is 5.33. The third-order valence-electron chi connectivity index (χ3n) is 6.43. The molecule has 1 heteroatoms. The largest absolute Gasteiger partial charge is 0.496 e. The highest BCUT2D eigenvalue weighted by atomic mass is 16.5. The van der Waals surface area contributed by atoms with Gasteiger partial charge in [0.2, 0.25) is 0 Å². The van der Waals surface area contributed by atoms with Crippen LogP contribution in [-0.4, -0.2) is 7.11 Å². The van der Waals surface area contributed by atoms with E-state index in [1.54, 1.807) is 18.2 Å². The minimum absolute atomic E-state index is 0.367. The number of rotatable bonds is 2. The lowest BCUT2D eigenvalue weighted by molar-refractivity contribution is 0.0406. The predicted octanol–water partition coefficient (Wildman–Crippen LogP) is 5.29. The highest BCUT2D eigenvalue weighted by Crippen LogP contribution is 2.57. The fourth-order valence-corrected chi connectivity index (χ4v) is 5.33. The summed E-state index contributed by atoms with van der Waals surface area (Å²) in [5.41, 5.74) is 5.40. The molecule has 2 aliphatic carbocycles. The number of benzene rings is 1. The summed E-state index contributed by atoms with van der Waals surface area (Å²) in [5.74, 6) is 1.91. The quantitative estimate of drug-likeness (QED) is 0.718. The molecule has 0 N–H and O–H groups in total. The molecular formula is C20H30O. The molecule has 1 fully saturated rings. The summed E-state index contributed by atoms with van der Waals surface area (Å²) in [6.07, 6.45) is 7.72. The molecule has 1 aromatic carbocycles. The van der Waals surface area contributed by atoms with E-state index in [1.807, 2.05) is 0 Å². The molecule has 0 aliphatic heterocycles. The van der Waals surface area contributed by atoms with Crippen molar-refractivity contribution in [1.29, 1.82) is 0 Å². The van der Waals surface area contributed by atoms with E-state index in [2.05, 4.69) is 39.8 Å². The van der Waals surface area contributed by atoms with Crippen molar-refractivity contribution in [1.82, 2.24) is 0 Å². The lowest BCUT2D eigenvalue weighted by Crippen LogP contribution is -2.47. The van der Waals surface area contributed by atoms with Crippen LogP contribution in [0.4, 0.5) is 0 Å². The summed E-state index contributed by atoms with van der Waals surface area (Å²) >= 11 is 0. The minimum Gasteiger partial charge on any atom is -0.496 e. The van der Waals surface area contributed by atoms with Crippen LogP contribution in [0.15, 0.2) is 12.1 Å². The molecule has 2 atom stereocenters. The zero-order chi connectivity index (χ0) is 15.3. The van der Waals surface area contributed by atoms with Crippen LogP contribution >= 0.6 is 0 Å². The zero-order valence-corrected chi connectivity index (χ0v) is 14.4. The maximum atomic E-state index is 5.61. The van der Waals surface area contributed by atoms with Crippen LogP contribution in [0.1, 0.15) is 70.1 Å². The molecule has 1 saturated carbocycles. The monoisotopic (exact) mass is 286 g/mol. The highest BCUT2D eigenvalue weighted by molar-refractivity contribution is 5.48. The average molecular weight is 286 g/mol. The molecule has 2 aliphatic rings. The standard InChI is InChI=1S/C20H30O/c1-6-14-12-16-15(13-17(14)21-5)8-9-18-19(2,3)10-7-11-20(16,18)4/h12-13,18H,6-11H2,1-5H3. The fraction of sp³-hybridized carbons (Fsp3) is 0.700. The molecule has 2 unspecified atom stereocenters. The molecule has 0 heterocycles. The molecule has 21 heavy (non-hydrogen) atoms. The molecule has 0 radical (unpaired) electrons. The first kappa shape index (κ1) is 14.9. The first-order chi connectivity index (χ1) is 9.92. The van der Waals surface area contributed by atoms with E-state index in [9.17, 15) is 0 Å². The van der Waals surface area contributed by atoms with Gasteiger partial charge in [-0.05, 0) is 71.6 Å². The van der Waals surface area contributed by atoms with E-state index < -0.39 is 0 Å². The SMILES string of the molecule is CCc1cc2c(cc1OC)CCC1C(C)(C)CCCC21C. The Kier molecular flexibility index (Phi) is 3.58. The maximum absolute atomic E-state index is 5.61. The van der Waals surface area contributed by atoms with Gasteiger partial charge in [0, 0.05) is 0 Å². The average Bonchev–Trinajstić information content (AvgIpc) is 2.45. The summed E-state index contributed by atoms with van der Waals surface area (Å²) in [5, 5.41) is 0. The molecule has 3 rings (SSSR count). The Labute approximate surface area is 130 Å². The summed E-state index contributed by atoms with van der Waals surface area (Å²) in [6.45, 7) is 9.74. The van der Waals surface area contributed by atoms with Crippen molar-refractivity contribution in [3.63, 3.8) is 0 Å². The number of hydrogen-bond acceptors (Lipinski definition) is 1. The van der Waals surface area contributed by atoms with Crippen molar-refractivity contribution in [2.24, 2.45) is 11.3 Å². The third-order valence-corrected chi connectivity index (χ3v) is 6.43. The van der Waals surface area contributed by atoms with Gasteiger partial charge in [-0.25, -0.2) is 0 Å². The molecule has 0 amide bonds. The molecule has 1 nitrogen and oxygen atoms in total. The Morgan fingerprint density at radius 1 is 1.19 bits per heavy atom. The van der Waals surface area contributed by atoms with Gasteiger partial charge in [0.25, 0.3) is 0 Å². The van der Waals surface area contributed by atoms with E-state index >= 15 is 0 Å². The molecule has 0 bridgehead atoms. The number of ether oxygens (including phenoxy) is 1. The van der Waals surface area contributed by atoms with Gasteiger partial charge < -0.3 is 4.74 Å². The Morgan fingerprint density at radius 2 is 1.95 bits per heavy atom. The lowest BCUT2D eigenvalue weighted by Gasteiger charge is -2.54. The summed E-state index contributed by atoms with van der Waals surface area (Å²) in [7, 11) is 1.80. The van der Waals surface area contributed by atoms with Crippen LogP contribution < -0.4 is 4.74 Å². The van der Waals surface area contributed by atoms with Crippen LogP contribution in [0.2, 0.25) is 0 Å². The van der Waals surface area contributed by atoms with Crippen molar-refractivity contribution in [2.75, 3.05) is 7.11 Å². The van der Waals surface area contributed by atoms with E-state index in [0.717, 1.165) is 18.1 Å². The lowest BCUT2D eigenvalue weighted by atomic mass is 9.50. The molecule has 0 saturated heterocycles. The molecule has 0 aromatic heterocycles. The normalized spacial score (nSPS) is 30.4. The van der Waals surface area contributed by atoms with Crippen molar-refractivity contribution in [3.05, 3.63) is 28.8 Å². The van der Waals surface area contributed by atoms with E-state index in [1.165, 1.54) is 37.7 Å². The Morgan fingerprint density at radius 3 is 2.62 bits per heavy atom. The van der Waals surface area contributed by atoms with Gasteiger partial charge >= 0.3 is 0 Å². The topological polar surface area (TPSA) is 9.23 Å². The second-order valence-electron chi connectivity index (χ2n) is 8.03.